The minimum absolute atomic E-state index is 0.0295. The van der Waals surface area contributed by atoms with E-state index in [0.29, 0.717) is 32.5 Å². The number of amides is 2. The first kappa shape index (κ1) is 29.6. The SMILES string of the molecule is CC(C)(C=C(C#N)C(=O)N1CCCCC(OC(=O)NC(Cc2ccccc2)B(O)O)C1)C1(C)CNCCO1. The van der Waals surface area contributed by atoms with Gasteiger partial charge in [0.1, 0.15) is 17.7 Å². The van der Waals surface area contributed by atoms with Crippen LogP contribution in [0.4, 0.5) is 4.79 Å². The standard InChI is InChI=1S/C27H39BN4O6/c1-26(2,27(3)19-30-12-14-37-27)16-21(17-29)24(33)32-13-8-7-11-22(18-32)38-25(34)31-23(28(35)36)15-20-9-5-4-6-10-20/h4-6,9-10,16,22-23,30,35-36H,7-8,11-15,18-19H2,1-3H3,(H,31,34). The van der Waals surface area contributed by atoms with Gasteiger partial charge in [-0.05, 0) is 38.2 Å². The van der Waals surface area contributed by atoms with Crippen molar-refractivity contribution in [2.45, 2.75) is 64.1 Å². The zero-order chi connectivity index (χ0) is 27.8. The van der Waals surface area contributed by atoms with Crippen molar-refractivity contribution in [3.63, 3.8) is 0 Å². The molecule has 10 nitrogen and oxygen atoms in total. The van der Waals surface area contributed by atoms with Crippen molar-refractivity contribution in [3.8, 4) is 6.07 Å². The molecule has 3 rings (SSSR count). The van der Waals surface area contributed by atoms with Gasteiger partial charge in [0, 0.05) is 25.0 Å². The second-order valence-electron chi connectivity index (χ2n) is 10.8. The van der Waals surface area contributed by atoms with Crippen molar-refractivity contribution in [1.82, 2.24) is 15.5 Å². The van der Waals surface area contributed by atoms with Gasteiger partial charge >= 0.3 is 13.2 Å². The van der Waals surface area contributed by atoms with E-state index in [1.54, 1.807) is 11.0 Å². The van der Waals surface area contributed by atoms with E-state index >= 15 is 0 Å². The van der Waals surface area contributed by atoms with E-state index in [2.05, 4.69) is 16.7 Å². The Kier molecular flexibility index (Phi) is 10.3. The Bertz CT molecular complexity index is 1020. The van der Waals surface area contributed by atoms with E-state index in [9.17, 15) is 24.9 Å². The molecule has 3 atom stereocenters. The van der Waals surface area contributed by atoms with Gasteiger partial charge < -0.3 is 35.1 Å². The molecule has 1 aromatic rings. The summed E-state index contributed by atoms with van der Waals surface area (Å²) in [6.07, 6.45) is 2.53. The normalized spacial score (nSPS) is 23.5. The molecule has 0 aliphatic carbocycles. The van der Waals surface area contributed by atoms with Crippen LogP contribution in [0.15, 0.2) is 42.0 Å². The zero-order valence-corrected chi connectivity index (χ0v) is 22.5. The molecular weight excluding hydrogens is 487 g/mol. The number of carbonyl (C=O) groups excluding carboxylic acids is 2. The highest BCUT2D eigenvalue weighted by Crippen LogP contribution is 2.37. The fraction of sp³-hybridized carbons (Fsp3) is 0.593. The number of likely N-dealkylation sites (tertiary alicyclic amines) is 1. The summed E-state index contributed by atoms with van der Waals surface area (Å²) in [6.45, 7) is 8.37. The van der Waals surface area contributed by atoms with Crippen molar-refractivity contribution in [3.05, 3.63) is 47.5 Å². The molecule has 206 valence electrons. The topological polar surface area (TPSA) is 144 Å². The number of carbonyl (C=O) groups is 2. The van der Waals surface area contributed by atoms with Crippen LogP contribution in [0.2, 0.25) is 0 Å². The Morgan fingerprint density at radius 1 is 1.37 bits per heavy atom. The van der Waals surface area contributed by atoms with E-state index in [0.717, 1.165) is 18.5 Å². The highest BCUT2D eigenvalue weighted by atomic mass is 16.6. The first-order valence-electron chi connectivity index (χ1n) is 13.2. The van der Waals surface area contributed by atoms with E-state index in [4.69, 9.17) is 9.47 Å². The maximum atomic E-state index is 13.4. The van der Waals surface area contributed by atoms with Crippen LogP contribution in [-0.2, 0) is 20.7 Å². The summed E-state index contributed by atoms with van der Waals surface area (Å²) in [4.78, 5) is 27.6. The van der Waals surface area contributed by atoms with Gasteiger partial charge in [-0.1, -0.05) is 50.3 Å². The van der Waals surface area contributed by atoms with Crippen molar-refractivity contribution in [1.29, 1.82) is 5.26 Å². The van der Waals surface area contributed by atoms with Crippen LogP contribution >= 0.6 is 0 Å². The van der Waals surface area contributed by atoms with Crippen molar-refractivity contribution >= 4 is 19.1 Å². The van der Waals surface area contributed by atoms with Crippen LogP contribution in [0.3, 0.4) is 0 Å². The quantitative estimate of drug-likeness (QED) is 0.227. The Balaban J connectivity index is 1.65. The number of alkyl carbamates (subject to hydrolysis) is 1. The fourth-order valence-electron chi connectivity index (χ4n) is 4.79. The smallest absolute Gasteiger partial charge is 0.444 e. The predicted molar refractivity (Wildman–Crippen MR) is 143 cm³/mol. The van der Waals surface area contributed by atoms with Crippen LogP contribution in [0.25, 0.3) is 0 Å². The minimum Gasteiger partial charge on any atom is -0.444 e. The lowest BCUT2D eigenvalue weighted by Gasteiger charge is -2.45. The van der Waals surface area contributed by atoms with Gasteiger partial charge in [-0.2, -0.15) is 5.26 Å². The Morgan fingerprint density at radius 2 is 2.11 bits per heavy atom. The Morgan fingerprint density at radius 3 is 2.74 bits per heavy atom. The number of nitrogens with zero attached hydrogens (tertiary/aromatic N) is 2. The molecule has 0 radical (unpaired) electrons. The molecule has 0 bridgehead atoms. The summed E-state index contributed by atoms with van der Waals surface area (Å²) >= 11 is 0. The van der Waals surface area contributed by atoms with Gasteiger partial charge in [0.15, 0.2) is 0 Å². The monoisotopic (exact) mass is 526 g/mol. The van der Waals surface area contributed by atoms with Crippen molar-refractivity contribution in [2.75, 3.05) is 32.8 Å². The summed E-state index contributed by atoms with van der Waals surface area (Å²) in [7, 11) is -1.77. The van der Waals surface area contributed by atoms with Crippen molar-refractivity contribution < 1.29 is 29.1 Å². The summed E-state index contributed by atoms with van der Waals surface area (Å²) in [5.74, 6) is -1.36. The van der Waals surface area contributed by atoms with Crippen LogP contribution in [-0.4, -0.2) is 84.5 Å². The number of hydrogen-bond donors (Lipinski definition) is 4. The molecule has 0 aromatic heterocycles. The third-order valence-electron chi connectivity index (χ3n) is 7.53. The molecule has 2 fully saturated rings. The zero-order valence-electron chi connectivity index (χ0n) is 22.5. The lowest BCUT2D eigenvalue weighted by molar-refractivity contribution is -0.128. The number of morpholine rings is 1. The van der Waals surface area contributed by atoms with Crippen LogP contribution in [0, 0.1) is 16.7 Å². The number of ether oxygens (including phenoxy) is 2. The van der Waals surface area contributed by atoms with Crippen molar-refractivity contribution in [2.24, 2.45) is 5.41 Å². The van der Waals surface area contributed by atoms with Gasteiger partial charge in [0.05, 0.1) is 24.7 Å². The average molecular weight is 526 g/mol. The highest BCUT2D eigenvalue weighted by molar-refractivity contribution is 6.43. The van der Waals surface area contributed by atoms with Gasteiger partial charge in [0.25, 0.3) is 5.91 Å². The largest absolute Gasteiger partial charge is 0.475 e. The molecule has 4 N–H and O–H groups in total. The van der Waals surface area contributed by atoms with E-state index in [1.807, 2.05) is 51.1 Å². The van der Waals surface area contributed by atoms with Gasteiger partial charge in [0.2, 0.25) is 0 Å². The molecule has 2 saturated heterocycles. The molecule has 0 saturated carbocycles. The number of benzene rings is 1. The van der Waals surface area contributed by atoms with E-state index in [-0.39, 0.29) is 18.5 Å². The number of nitriles is 1. The fourth-order valence-corrected chi connectivity index (χ4v) is 4.79. The van der Waals surface area contributed by atoms with E-state index in [1.165, 1.54) is 0 Å². The summed E-state index contributed by atoms with van der Waals surface area (Å²) in [6, 6.07) is 11.2. The minimum atomic E-state index is -1.77. The maximum Gasteiger partial charge on any atom is 0.475 e. The molecule has 2 heterocycles. The number of nitrogens with one attached hydrogen (secondary N) is 2. The molecule has 0 spiro atoms. The molecule has 1 aromatic carbocycles. The second kappa shape index (κ2) is 13.2. The lowest BCUT2D eigenvalue weighted by atomic mass is 9.74. The number of rotatable bonds is 8. The Hall–Kier alpha value is -2.91. The summed E-state index contributed by atoms with van der Waals surface area (Å²) in [5.41, 5.74) is -0.313. The van der Waals surface area contributed by atoms with E-state index < -0.39 is 42.2 Å². The predicted octanol–water partition coefficient (Wildman–Crippen LogP) is 1.57. The van der Waals surface area contributed by atoms with Crippen LogP contribution in [0.1, 0.15) is 45.6 Å². The first-order valence-corrected chi connectivity index (χ1v) is 13.2. The highest BCUT2D eigenvalue weighted by Gasteiger charge is 2.43. The van der Waals surface area contributed by atoms with Gasteiger partial charge in [-0.15, -0.1) is 0 Å². The summed E-state index contributed by atoms with van der Waals surface area (Å²) in [5, 5.41) is 35.2. The molecule has 2 aliphatic heterocycles. The third kappa shape index (κ3) is 7.80. The molecule has 3 unspecified atom stereocenters. The number of hydrogen-bond acceptors (Lipinski definition) is 8. The second-order valence-corrected chi connectivity index (χ2v) is 10.8. The molecular formula is C27H39BN4O6. The molecule has 2 aliphatic rings. The molecule has 11 heteroatoms. The molecule has 38 heavy (non-hydrogen) atoms. The maximum absolute atomic E-state index is 13.4. The summed E-state index contributed by atoms with van der Waals surface area (Å²) < 4.78 is 11.6. The average Bonchev–Trinajstić information content (AvgIpc) is 3.13. The third-order valence-corrected chi connectivity index (χ3v) is 7.53. The van der Waals surface area contributed by atoms with Gasteiger partial charge in [-0.3, -0.25) is 4.79 Å². The lowest BCUT2D eigenvalue weighted by Crippen LogP contribution is -2.55. The first-order chi connectivity index (χ1) is 18.0. The Labute approximate surface area is 225 Å². The van der Waals surface area contributed by atoms with Gasteiger partial charge in [-0.25, -0.2) is 4.79 Å². The van der Waals surface area contributed by atoms with Crippen LogP contribution in [0.5, 0.6) is 0 Å². The van der Waals surface area contributed by atoms with Crippen LogP contribution < -0.4 is 10.6 Å². The molecule has 2 amide bonds.